The molecule has 0 aromatic carbocycles. The molecule has 0 spiro atoms. The third-order valence-corrected chi connectivity index (χ3v) is 3.58. The number of anilines is 1. The molecule has 0 fully saturated rings. The fourth-order valence-corrected chi connectivity index (χ4v) is 2.30. The Labute approximate surface area is 151 Å². The summed E-state index contributed by atoms with van der Waals surface area (Å²) in [6.07, 6.45) is -3.32. The molecular weight excluding hydrogens is 365 g/mol. The Bertz CT molecular complexity index is 1030. The maximum atomic E-state index is 12.5. The van der Waals surface area contributed by atoms with Gasteiger partial charge in [0.1, 0.15) is 5.82 Å². The molecule has 0 aliphatic carbocycles. The zero-order valence-corrected chi connectivity index (χ0v) is 14.7. The Balaban J connectivity index is 1.88. The lowest BCUT2D eigenvalue weighted by molar-refractivity contribution is -0.159. The molecule has 0 bridgehead atoms. The molecular formula is C16H15F3N6O2. The Morgan fingerprint density at radius 2 is 1.93 bits per heavy atom. The van der Waals surface area contributed by atoms with Crippen LogP contribution >= 0.6 is 0 Å². The molecule has 3 rings (SSSR count). The predicted octanol–water partition coefficient (Wildman–Crippen LogP) is 2.13. The smallest absolute Gasteiger partial charge is 0.363 e. The van der Waals surface area contributed by atoms with Gasteiger partial charge in [0.05, 0.1) is 6.54 Å². The van der Waals surface area contributed by atoms with Gasteiger partial charge in [-0.25, -0.2) is 9.97 Å². The molecule has 0 atom stereocenters. The second kappa shape index (κ2) is 6.82. The van der Waals surface area contributed by atoms with E-state index < -0.39 is 17.6 Å². The summed E-state index contributed by atoms with van der Waals surface area (Å²) in [5.41, 5.74) is 0.414. The zero-order valence-electron chi connectivity index (χ0n) is 14.7. The van der Waals surface area contributed by atoms with Crippen molar-refractivity contribution in [2.75, 3.05) is 19.0 Å². The van der Waals surface area contributed by atoms with Gasteiger partial charge in [-0.05, 0) is 13.0 Å². The molecule has 11 heteroatoms. The maximum Gasteiger partial charge on any atom is 0.471 e. The van der Waals surface area contributed by atoms with Crippen molar-refractivity contribution in [3.05, 3.63) is 52.2 Å². The first-order valence-corrected chi connectivity index (χ1v) is 7.77. The van der Waals surface area contributed by atoms with Gasteiger partial charge in [-0.2, -0.15) is 18.2 Å². The number of pyridine rings is 1. The first-order valence-electron chi connectivity index (χ1n) is 7.77. The van der Waals surface area contributed by atoms with Gasteiger partial charge in [0.25, 0.3) is 5.56 Å². The highest BCUT2D eigenvalue weighted by Gasteiger charge is 2.38. The Morgan fingerprint density at radius 3 is 2.52 bits per heavy atom. The van der Waals surface area contributed by atoms with E-state index >= 15 is 0 Å². The van der Waals surface area contributed by atoms with Crippen molar-refractivity contribution in [1.29, 1.82) is 0 Å². The third-order valence-electron chi connectivity index (χ3n) is 3.58. The molecule has 142 valence electrons. The minimum absolute atomic E-state index is 0.113. The zero-order chi connectivity index (χ0) is 19.8. The highest BCUT2D eigenvalue weighted by Crippen LogP contribution is 2.29. The van der Waals surface area contributed by atoms with E-state index in [4.69, 9.17) is 0 Å². The van der Waals surface area contributed by atoms with Crippen LogP contribution in [0.1, 0.15) is 17.4 Å². The van der Waals surface area contributed by atoms with Gasteiger partial charge in [0, 0.05) is 43.7 Å². The van der Waals surface area contributed by atoms with Crippen molar-refractivity contribution in [2.45, 2.75) is 19.6 Å². The van der Waals surface area contributed by atoms with Crippen LogP contribution in [0, 0.1) is 6.92 Å². The van der Waals surface area contributed by atoms with Gasteiger partial charge in [-0.15, -0.1) is 0 Å². The van der Waals surface area contributed by atoms with Crippen LogP contribution in [0.5, 0.6) is 0 Å². The summed E-state index contributed by atoms with van der Waals surface area (Å²) >= 11 is 0. The molecule has 3 aromatic heterocycles. The van der Waals surface area contributed by atoms with Crippen molar-refractivity contribution in [3.8, 4) is 11.4 Å². The van der Waals surface area contributed by atoms with Crippen LogP contribution in [-0.2, 0) is 12.7 Å². The summed E-state index contributed by atoms with van der Waals surface area (Å²) in [5.74, 6) is -0.638. The maximum absolute atomic E-state index is 12.5. The van der Waals surface area contributed by atoms with E-state index in [-0.39, 0.29) is 17.9 Å². The van der Waals surface area contributed by atoms with Gasteiger partial charge in [0.2, 0.25) is 5.82 Å². The van der Waals surface area contributed by atoms with Crippen LogP contribution in [0.25, 0.3) is 11.4 Å². The predicted molar refractivity (Wildman–Crippen MR) is 89.2 cm³/mol. The summed E-state index contributed by atoms with van der Waals surface area (Å²) < 4.78 is 43.1. The number of rotatable bonds is 4. The molecule has 8 nitrogen and oxygen atoms in total. The van der Waals surface area contributed by atoms with Gasteiger partial charge in [-0.3, -0.25) is 4.79 Å². The number of alkyl halides is 3. The lowest BCUT2D eigenvalue weighted by atomic mass is 10.2. The topological polar surface area (TPSA) is 89.9 Å². The lowest BCUT2D eigenvalue weighted by Crippen LogP contribution is -2.21. The van der Waals surface area contributed by atoms with Crippen molar-refractivity contribution < 1.29 is 17.7 Å². The fourth-order valence-electron chi connectivity index (χ4n) is 2.30. The Kier molecular flexibility index (Phi) is 4.68. The quantitative estimate of drug-likeness (QED) is 0.685. The minimum atomic E-state index is -4.74. The van der Waals surface area contributed by atoms with Crippen molar-refractivity contribution >= 4 is 5.82 Å². The number of hydrogen-bond acceptors (Lipinski definition) is 7. The third kappa shape index (κ3) is 4.13. The van der Waals surface area contributed by atoms with Gasteiger partial charge < -0.3 is 14.0 Å². The Morgan fingerprint density at radius 1 is 1.19 bits per heavy atom. The van der Waals surface area contributed by atoms with Crippen LogP contribution in [0.2, 0.25) is 0 Å². The SMILES string of the molecule is Cc1cc(N(C)C)nc(Cn2ccc(-c3noc(C(F)(F)F)n3)cc2=O)n1. The van der Waals surface area contributed by atoms with E-state index in [1.807, 2.05) is 32.0 Å². The monoisotopic (exact) mass is 380 g/mol. The summed E-state index contributed by atoms with van der Waals surface area (Å²) in [7, 11) is 3.68. The number of nitrogens with zero attached hydrogens (tertiary/aromatic N) is 6. The van der Waals surface area contributed by atoms with Crippen molar-refractivity contribution in [2.24, 2.45) is 0 Å². The van der Waals surface area contributed by atoms with Crippen LogP contribution < -0.4 is 10.5 Å². The molecule has 27 heavy (non-hydrogen) atoms. The number of aryl methyl sites for hydroxylation is 1. The molecule has 0 saturated carbocycles. The van der Waals surface area contributed by atoms with E-state index in [0.29, 0.717) is 11.6 Å². The fraction of sp³-hybridized carbons (Fsp3) is 0.312. The molecule has 0 aliphatic heterocycles. The van der Waals surface area contributed by atoms with Crippen LogP contribution in [0.4, 0.5) is 19.0 Å². The molecule has 3 heterocycles. The van der Waals surface area contributed by atoms with Crippen molar-refractivity contribution in [3.63, 3.8) is 0 Å². The van der Waals surface area contributed by atoms with E-state index in [9.17, 15) is 18.0 Å². The molecule has 0 aliphatic rings. The van der Waals surface area contributed by atoms with E-state index in [1.54, 1.807) is 0 Å². The standard InChI is InChI=1S/C16H15F3N6O2/c1-9-6-12(24(2)3)21-11(20-9)8-25-5-4-10(7-13(25)26)14-22-15(27-23-14)16(17,18)19/h4-7H,8H2,1-3H3. The molecule has 3 aromatic rings. The van der Waals surface area contributed by atoms with Crippen LogP contribution in [0.15, 0.2) is 33.7 Å². The van der Waals surface area contributed by atoms with Crippen LogP contribution in [0.3, 0.4) is 0 Å². The lowest BCUT2D eigenvalue weighted by Gasteiger charge is -2.13. The second-order valence-electron chi connectivity index (χ2n) is 5.98. The van der Waals surface area contributed by atoms with Crippen molar-refractivity contribution in [1.82, 2.24) is 24.7 Å². The largest absolute Gasteiger partial charge is 0.471 e. The van der Waals surface area contributed by atoms with Crippen LogP contribution in [-0.4, -0.2) is 38.8 Å². The van der Waals surface area contributed by atoms with E-state index in [2.05, 4.69) is 24.6 Å². The molecule has 0 saturated heterocycles. The first kappa shape index (κ1) is 18.5. The summed E-state index contributed by atoms with van der Waals surface area (Å²) in [5, 5.41) is 3.27. The number of aromatic nitrogens is 5. The molecule has 0 unspecified atom stereocenters. The molecule has 0 N–H and O–H groups in total. The summed E-state index contributed by atoms with van der Waals surface area (Å²) in [6, 6.07) is 4.37. The number of halogens is 3. The second-order valence-corrected chi connectivity index (χ2v) is 5.98. The molecule has 0 amide bonds. The molecule has 0 radical (unpaired) electrons. The normalized spacial score (nSPS) is 11.6. The van der Waals surface area contributed by atoms with E-state index in [1.165, 1.54) is 16.8 Å². The van der Waals surface area contributed by atoms with Gasteiger partial charge in [-0.1, -0.05) is 5.16 Å². The number of hydrogen-bond donors (Lipinski definition) is 0. The van der Waals surface area contributed by atoms with Gasteiger partial charge in [0.15, 0.2) is 5.82 Å². The summed E-state index contributed by atoms with van der Waals surface area (Å²) in [4.78, 5) is 26.1. The average molecular weight is 380 g/mol. The Hall–Kier alpha value is -3.24. The highest BCUT2D eigenvalue weighted by atomic mass is 19.4. The van der Waals surface area contributed by atoms with Gasteiger partial charge >= 0.3 is 12.1 Å². The highest BCUT2D eigenvalue weighted by molar-refractivity contribution is 5.52. The van der Waals surface area contributed by atoms with E-state index in [0.717, 1.165) is 11.8 Å². The average Bonchev–Trinajstić information content (AvgIpc) is 3.06. The minimum Gasteiger partial charge on any atom is -0.363 e. The summed E-state index contributed by atoms with van der Waals surface area (Å²) in [6.45, 7) is 1.93. The first-order chi connectivity index (χ1) is 12.6.